The smallest absolute Gasteiger partial charge is 0.416 e. The minimum absolute atomic E-state index is 0.0585. The SMILES string of the molecule is O=C(O)c1cc(C(O)C(O)CCS)cc(C(F)(F)F)c1. The van der Waals surface area contributed by atoms with Gasteiger partial charge >= 0.3 is 12.1 Å². The molecule has 2 unspecified atom stereocenters. The molecule has 0 aromatic heterocycles. The van der Waals surface area contributed by atoms with Gasteiger partial charge in [-0.15, -0.1) is 0 Å². The predicted octanol–water partition coefficient (Wildman–Crippen LogP) is 2.12. The molecule has 0 bridgehead atoms. The van der Waals surface area contributed by atoms with Crippen molar-refractivity contribution in [2.24, 2.45) is 0 Å². The number of alkyl halides is 3. The number of aromatic carboxylic acids is 1. The highest BCUT2D eigenvalue weighted by Crippen LogP contribution is 2.33. The number of thiol groups is 1. The molecule has 0 fully saturated rings. The molecule has 0 aliphatic rings. The third kappa shape index (κ3) is 4.12. The van der Waals surface area contributed by atoms with E-state index in [9.17, 15) is 28.2 Å². The molecule has 1 aromatic rings. The van der Waals surface area contributed by atoms with E-state index in [0.29, 0.717) is 12.1 Å². The Bertz CT molecular complexity index is 490. The van der Waals surface area contributed by atoms with Crippen molar-refractivity contribution in [3.63, 3.8) is 0 Å². The summed E-state index contributed by atoms with van der Waals surface area (Å²) < 4.78 is 38.0. The van der Waals surface area contributed by atoms with E-state index >= 15 is 0 Å². The van der Waals surface area contributed by atoms with E-state index in [-0.39, 0.29) is 17.7 Å². The number of carboxylic acids is 1. The van der Waals surface area contributed by atoms with Gasteiger partial charge in [0.05, 0.1) is 17.2 Å². The van der Waals surface area contributed by atoms with E-state index in [1.807, 2.05) is 0 Å². The van der Waals surface area contributed by atoms with Gasteiger partial charge in [0.15, 0.2) is 0 Å². The number of benzene rings is 1. The number of rotatable bonds is 5. The van der Waals surface area contributed by atoms with Crippen molar-refractivity contribution in [1.82, 2.24) is 0 Å². The van der Waals surface area contributed by atoms with Crippen LogP contribution in [-0.4, -0.2) is 33.1 Å². The van der Waals surface area contributed by atoms with Crippen molar-refractivity contribution >= 4 is 18.6 Å². The second-order valence-corrected chi connectivity index (χ2v) is 4.62. The monoisotopic (exact) mass is 310 g/mol. The lowest BCUT2D eigenvalue weighted by atomic mass is 9.97. The number of aliphatic hydroxyl groups excluding tert-OH is 2. The minimum Gasteiger partial charge on any atom is -0.478 e. The van der Waals surface area contributed by atoms with Gasteiger partial charge in [0, 0.05) is 0 Å². The summed E-state index contributed by atoms with van der Waals surface area (Å²) in [7, 11) is 0. The third-order valence-electron chi connectivity index (χ3n) is 2.66. The molecule has 0 aliphatic carbocycles. The number of aliphatic hydroxyl groups is 2. The second kappa shape index (κ2) is 6.47. The van der Waals surface area contributed by atoms with Gasteiger partial charge in [0.2, 0.25) is 0 Å². The van der Waals surface area contributed by atoms with Crippen LogP contribution in [0.1, 0.15) is 34.0 Å². The number of hydrogen-bond donors (Lipinski definition) is 4. The molecule has 0 saturated carbocycles. The maximum absolute atomic E-state index is 12.7. The van der Waals surface area contributed by atoms with Crippen LogP contribution in [0.4, 0.5) is 13.2 Å². The number of carbonyl (C=O) groups is 1. The summed E-state index contributed by atoms with van der Waals surface area (Å²) in [6, 6.07) is 2.01. The Hall–Kier alpha value is -1.25. The second-order valence-electron chi connectivity index (χ2n) is 4.17. The number of carboxylic acid groups (broad SMARTS) is 1. The molecular weight excluding hydrogens is 297 g/mol. The Morgan fingerprint density at radius 3 is 2.30 bits per heavy atom. The van der Waals surface area contributed by atoms with E-state index in [2.05, 4.69) is 12.6 Å². The predicted molar refractivity (Wildman–Crippen MR) is 67.8 cm³/mol. The van der Waals surface area contributed by atoms with Gasteiger partial charge in [-0.05, 0) is 35.9 Å². The fourth-order valence-electron chi connectivity index (χ4n) is 1.62. The van der Waals surface area contributed by atoms with Crippen LogP contribution in [0, 0.1) is 0 Å². The highest BCUT2D eigenvalue weighted by atomic mass is 32.1. The van der Waals surface area contributed by atoms with Gasteiger partial charge in [-0.2, -0.15) is 25.8 Å². The van der Waals surface area contributed by atoms with Gasteiger partial charge in [-0.1, -0.05) is 0 Å². The van der Waals surface area contributed by atoms with Gasteiger partial charge < -0.3 is 15.3 Å². The summed E-state index contributed by atoms with van der Waals surface area (Å²) in [5, 5.41) is 28.1. The summed E-state index contributed by atoms with van der Waals surface area (Å²) in [6.07, 6.45) is -7.61. The Morgan fingerprint density at radius 2 is 1.85 bits per heavy atom. The minimum atomic E-state index is -4.74. The fourth-order valence-corrected chi connectivity index (χ4v) is 1.89. The average molecular weight is 310 g/mol. The van der Waals surface area contributed by atoms with Crippen molar-refractivity contribution in [1.29, 1.82) is 0 Å². The topological polar surface area (TPSA) is 77.8 Å². The molecule has 1 aromatic carbocycles. The van der Waals surface area contributed by atoms with Crippen molar-refractivity contribution in [2.45, 2.75) is 24.8 Å². The van der Waals surface area contributed by atoms with Crippen molar-refractivity contribution < 1.29 is 33.3 Å². The van der Waals surface area contributed by atoms with Crippen molar-refractivity contribution in [3.8, 4) is 0 Å². The standard InChI is InChI=1S/C12H13F3O4S/c13-12(14,15)8-4-6(3-7(5-8)11(18)19)10(17)9(16)1-2-20/h3-5,9-10,16-17,20H,1-2H2,(H,18,19). The number of hydrogen-bond acceptors (Lipinski definition) is 4. The summed E-state index contributed by atoms with van der Waals surface area (Å²) in [6.45, 7) is 0. The fraction of sp³-hybridized carbons (Fsp3) is 0.417. The molecule has 1 rings (SSSR count). The first-order valence-corrected chi connectivity index (χ1v) is 6.22. The molecular formula is C12H13F3O4S. The van der Waals surface area contributed by atoms with E-state index in [4.69, 9.17) is 5.11 Å². The molecule has 0 spiro atoms. The quantitative estimate of drug-likeness (QED) is 0.628. The van der Waals surface area contributed by atoms with Crippen LogP contribution in [0.15, 0.2) is 18.2 Å². The normalized spacial score (nSPS) is 14.9. The van der Waals surface area contributed by atoms with Crippen LogP contribution in [0.5, 0.6) is 0 Å². The summed E-state index contributed by atoms with van der Waals surface area (Å²) in [4.78, 5) is 10.8. The average Bonchev–Trinajstić information content (AvgIpc) is 2.36. The highest BCUT2D eigenvalue weighted by Gasteiger charge is 2.33. The number of halogens is 3. The van der Waals surface area contributed by atoms with Crippen LogP contribution in [0.25, 0.3) is 0 Å². The van der Waals surface area contributed by atoms with Crippen LogP contribution < -0.4 is 0 Å². The van der Waals surface area contributed by atoms with E-state index in [1.165, 1.54) is 0 Å². The molecule has 8 heteroatoms. The van der Waals surface area contributed by atoms with Gasteiger partial charge in [0.25, 0.3) is 0 Å². The van der Waals surface area contributed by atoms with E-state index < -0.39 is 35.5 Å². The van der Waals surface area contributed by atoms with Crippen LogP contribution in [0.2, 0.25) is 0 Å². The first-order valence-electron chi connectivity index (χ1n) is 5.59. The van der Waals surface area contributed by atoms with Gasteiger partial charge in [0.1, 0.15) is 6.10 Å². The zero-order chi connectivity index (χ0) is 15.5. The van der Waals surface area contributed by atoms with Crippen LogP contribution in [0.3, 0.4) is 0 Å². The lowest BCUT2D eigenvalue weighted by molar-refractivity contribution is -0.137. The highest BCUT2D eigenvalue weighted by molar-refractivity contribution is 7.80. The molecule has 0 heterocycles. The summed E-state index contributed by atoms with van der Waals surface area (Å²) in [5.41, 5.74) is -2.09. The van der Waals surface area contributed by atoms with E-state index in [1.54, 1.807) is 0 Å². The van der Waals surface area contributed by atoms with Crippen LogP contribution in [-0.2, 0) is 6.18 Å². The molecule has 4 nitrogen and oxygen atoms in total. The summed E-state index contributed by atoms with van der Waals surface area (Å²) >= 11 is 3.84. The van der Waals surface area contributed by atoms with Crippen molar-refractivity contribution in [3.05, 3.63) is 34.9 Å². The molecule has 2 atom stereocenters. The first-order chi connectivity index (χ1) is 9.16. The molecule has 0 amide bonds. The van der Waals surface area contributed by atoms with Gasteiger partial charge in [-0.25, -0.2) is 4.79 Å². The summed E-state index contributed by atoms with van der Waals surface area (Å²) in [5.74, 6) is -1.32. The largest absolute Gasteiger partial charge is 0.478 e. The lowest BCUT2D eigenvalue weighted by Crippen LogP contribution is -2.20. The van der Waals surface area contributed by atoms with Crippen LogP contribution >= 0.6 is 12.6 Å². The molecule has 3 N–H and O–H groups in total. The Balaban J connectivity index is 3.25. The Morgan fingerprint density at radius 1 is 1.25 bits per heavy atom. The molecule has 20 heavy (non-hydrogen) atoms. The Labute approximate surface area is 118 Å². The molecule has 112 valence electrons. The molecule has 0 saturated heterocycles. The third-order valence-corrected chi connectivity index (χ3v) is 2.92. The molecule has 0 radical (unpaired) electrons. The Kier molecular flexibility index (Phi) is 5.43. The first kappa shape index (κ1) is 16.8. The molecule has 0 aliphatic heterocycles. The van der Waals surface area contributed by atoms with Crippen molar-refractivity contribution in [2.75, 3.05) is 5.75 Å². The van der Waals surface area contributed by atoms with Gasteiger partial charge in [-0.3, -0.25) is 0 Å². The zero-order valence-electron chi connectivity index (χ0n) is 10.1. The maximum Gasteiger partial charge on any atom is 0.416 e. The maximum atomic E-state index is 12.7. The van der Waals surface area contributed by atoms with E-state index in [0.717, 1.165) is 6.07 Å². The zero-order valence-corrected chi connectivity index (χ0v) is 11.0. The lowest BCUT2D eigenvalue weighted by Gasteiger charge is -2.19.